The first-order valence-corrected chi connectivity index (χ1v) is 11.8. The average Bonchev–Trinajstić information content (AvgIpc) is 3.12. The second kappa shape index (κ2) is 11.7. The number of aliphatic hydroxyl groups is 1. The number of aliphatic hydroxyl groups excluding tert-OH is 1. The van der Waals surface area contributed by atoms with Gasteiger partial charge in [-0.15, -0.1) is 0 Å². The first-order chi connectivity index (χ1) is 16.4. The number of rotatable bonds is 11. The minimum Gasteiger partial charge on any atom is -0.507 e. The summed E-state index contributed by atoms with van der Waals surface area (Å²) in [5.41, 5.74) is 1.26. The number of methoxy groups -OCH3 is 1. The summed E-state index contributed by atoms with van der Waals surface area (Å²) < 4.78 is 10.8. The Morgan fingerprint density at radius 3 is 2.35 bits per heavy atom. The molecule has 0 spiro atoms. The molecule has 1 amide bonds. The van der Waals surface area contributed by atoms with Crippen molar-refractivity contribution >= 4 is 17.4 Å². The van der Waals surface area contributed by atoms with Gasteiger partial charge in [0.1, 0.15) is 17.3 Å². The van der Waals surface area contributed by atoms with E-state index >= 15 is 0 Å². The highest BCUT2D eigenvalue weighted by molar-refractivity contribution is 6.46. The van der Waals surface area contributed by atoms with E-state index in [4.69, 9.17) is 9.47 Å². The molecule has 7 heteroatoms. The second-order valence-corrected chi connectivity index (χ2v) is 8.11. The maximum absolute atomic E-state index is 13.2. The van der Waals surface area contributed by atoms with Crippen LogP contribution in [0.1, 0.15) is 44.4 Å². The number of benzene rings is 2. The van der Waals surface area contributed by atoms with Crippen LogP contribution < -0.4 is 9.47 Å². The van der Waals surface area contributed by atoms with E-state index in [1.807, 2.05) is 31.2 Å². The van der Waals surface area contributed by atoms with Crippen LogP contribution in [-0.4, -0.2) is 66.5 Å². The fraction of sp³-hybridized carbons (Fsp3) is 0.407. The van der Waals surface area contributed by atoms with E-state index in [2.05, 4.69) is 18.7 Å². The number of ketones is 1. The molecule has 3 rings (SSSR count). The number of ether oxygens (including phenoxy) is 2. The molecule has 1 heterocycles. The van der Waals surface area contributed by atoms with Crippen LogP contribution in [0.25, 0.3) is 5.76 Å². The van der Waals surface area contributed by atoms with Crippen LogP contribution >= 0.6 is 0 Å². The number of nitrogens with zero attached hydrogens (tertiary/aromatic N) is 2. The molecule has 182 valence electrons. The van der Waals surface area contributed by atoms with Gasteiger partial charge in [-0.25, -0.2) is 0 Å². The molecule has 1 saturated heterocycles. The first-order valence-electron chi connectivity index (χ1n) is 11.8. The lowest BCUT2D eigenvalue weighted by Gasteiger charge is -2.27. The molecule has 0 saturated carbocycles. The summed E-state index contributed by atoms with van der Waals surface area (Å²) in [4.78, 5) is 30.1. The molecule has 0 aromatic heterocycles. The van der Waals surface area contributed by atoms with Crippen molar-refractivity contribution in [3.8, 4) is 11.5 Å². The molecule has 0 aliphatic carbocycles. The molecule has 2 aromatic rings. The van der Waals surface area contributed by atoms with Crippen LogP contribution in [0.15, 0.2) is 54.1 Å². The number of hydrogen-bond acceptors (Lipinski definition) is 6. The van der Waals surface area contributed by atoms with Gasteiger partial charge in [0.15, 0.2) is 0 Å². The molecule has 0 unspecified atom stereocenters. The third kappa shape index (κ3) is 5.42. The Hall–Kier alpha value is -3.32. The number of hydrogen-bond donors (Lipinski definition) is 1. The van der Waals surface area contributed by atoms with E-state index in [9.17, 15) is 14.7 Å². The number of amides is 1. The molecular formula is C27H34N2O5. The van der Waals surface area contributed by atoms with Gasteiger partial charge in [-0.2, -0.15) is 0 Å². The highest BCUT2D eigenvalue weighted by Gasteiger charge is 2.45. The van der Waals surface area contributed by atoms with Crippen molar-refractivity contribution in [1.29, 1.82) is 0 Å². The Bertz CT molecular complexity index is 1030. The zero-order valence-corrected chi connectivity index (χ0v) is 20.4. The maximum atomic E-state index is 13.2. The summed E-state index contributed by atoms with van der Waals surface area (Å²) in [7, 11) is 1.54. The normalized spacial score (nSPS) is 17.4. The summed E-state index contributed by atoms with van der Waals surface area (Å²) >= 11 is 0. The lowest BCUT2D eigenvalue weighted by atomic mass is 9.95. The van der Waals surface area contributed by atoms with Crippen molar-refractivity contribution < 1.29 is 24.2 Å². The Kier molecular flexibility index (Phi) is 8.71. The zero-order valence-electron chi connectivity index (χ0n) is 20.4. The number of carbonyl (C=O) groups excluding carboxylic acids is 2. The molecule has 0 radical (unpaired) electrons. The number of likely N-dealkylation sites (tertiary alicyclic amines) is 1. The van der Waals surface area contributed by atoms with E-state index in [0.29, 0.717) is 30.2 Å². The molecule has 34 heavy (non-hydrogen) atoms. The van der Waals surface area contributed by atoms with Crippen molar-refractivity contribution in [2.75, 3.05) is 39.9 Å². The van der Waals surface area contributed by atoms with Crippen molar-refractivity contribution in [3.05, 3.63) is 65.2 Å². The molecule has 1 N–H and O–H groups in total. The summed E-state index contributed by atoms with van der Waals surface area (Å²) in [5, 5.41) is 11.2. The molecule has 1 fully saturated rings. The summed E-state index contributed by atoms with van der Waals surface area (Å²) in [6, 6.07) is 13.5. The smallest absolute Gasteiger partial charge is 0.295 e. The quantitative estimate of drug-likeness (QED) is 0.303. The van der Waals surface area contributed by atoms with Crippen molar-refractivity contribution in [1.82, 2.24) is 9.80 Å². The van der Waals surface area contributed by atoms with Gasteiger partial charge < -0.3 is 24.4 Å². The summed E-state index contributed by atoms with van der Waals surface area (Å²) in [6.07, 6.45) is 0.724. The first kappa shape index (κ1) is 25.3. The van der Waals surface area contributed by atoms with E-state index < -0.39 is 17.7 Å². The van der Waals surface area contributed by atoms with E-state index in [-0.39, 0.29) is 11.3 Å². The van der Waals surface area contributed by atoms with Gasteiger partial charge in [0, 0.05) is 12.1 Å². The fourth-order valence-electron chi connectivity index (χ4n) is 4.30. The molecule has 0 bridgehead atoms. The molecule has 1 aliphatic rings. The Balaban J connectivity index is 2.03. The van der Waals surface area contributed by atoms with Crippen LogP contribution in [0.5, 0.6) is 11.5 Å². The van der Waals surface area contributed by atoms with E-state index in [1.165, 1.54) is 7.11 Å². The SMILES string of the molecule is CCOc1ccc([C@@H]2/C(=C(\O)c3cccc(OC)c3)C(=O)C(=O)N2CCCN(CC)CC)cc1. The predicted octanol–water partition coefficient (Wildman–Crippen LogP) is 4.25. The molecule has 1 atom stereocenters. The highest BCUT2D eigenvalue weighted by atomic mass is 16.5. The summed E-state index contributed by atoms with van der Waals surface area (Å²) in [5.74, 6) is -0.222. The van der Waals surface area contributed by atoms with Crippen LogP contribution in [0.3, 0.4) is 0 Å². The summed E-state index contributed by atoms with van der Waals surface area (Å²) in [6.45, 7) is 9.73. The van der Waals surface area contributed by atoms with Crippen LogP contribution in [-0.2, 0) is 9.59 Å². The zero-order chi connectivity index (χ0) is 24.7. The van der Waals surface area contributed by atoms with Crippen molar-refractivity contribution in [2.24, 2.45) is 0 Å². The lowest BCUT2D eigenvalue weighted by molar-refractivity contribution is -0.140. The Labute approximate surface area is 201 Å². The standard InChI is InChI=1S/C27H34N2O5/c1-5-28(6-2)16-9-17-29-24(19-12-14-21(15-13-19)34-7-3)23(26(31)27(29)32)25(30)20-10-8-11-22(18-20)33-4/h8,10-15,18,24,30H,5-7,9,16-17H2,1-4H3/b25-23+/t24-/m1/s1. The van der Waals surface area contributed by atoms with Gasteiger partial charge in [0.25, 0.3) is 11.7 Å². The van der Waals surface area contributed by atoms with Crippen molar-refractivity contribution in [3.63, 3.8) is 0 Å². The van der Waals surface area contributed by atoms with Gasteiger partial charge in [0.05, 0.1) is 25.3 Å². The minimum absolute atomic E-state index is 0.0882. The second-order valence-electron chi connectivity index (χ2n) is 8.11. The van der Waals surface area contributed by atoms with Crippen LogP contribution in [0.2, 0.25) is 0 Å². The molecule has 7 nitrogen and oxygen atoms in total. The maximum Gasteiger partial charge on any atom is 0.295 e. The number of Topliss-reactive ketones (excluding diaryl/α,β-unsaturated/α-hetero) is 1. The van der Waals surface area contributed by atoms with Gasteiger partial charge in [0.2, 0.25) is 0 Å². The van der Waals surface area contributed by atoms with Gasteiger partial charge in [-0.05, 0) is 62.8 Å². The topological polar surface area (TPSA) is 79.3 Å². The van der Waals surface area contributed by atoms with Gasteiger partial charge in [-0.3, -0.25) is 9.59 Å². The fourth-order valence-corrected chi connectivity index (χ4v) is 4.30. The van der Waals surface area contributed by atoms with Crippen LogP contribution in [0.4, 0.5) is 0 Å². The van der Waals surface area contributed by atoms with E-state index in [1.54, 1.807) is 29.2 Å². The molecule has 2 aromatic carbocycles. The predicted molar refractivity (Wildman–Crippen MR) is 132 cm³/mol. The highest BCUT2D eigenvalue weighted by Crippen LogP contribution is 2.40. The van der Waals surface area contributed by atoms with Crippen LogP contribution in [0, 0.1) is 0 Å². The average molecular weight is 467 g/mol. The monoisotopic (exact) mass is 466 g/mol. The molecule has 1 aliphatic heterocycles. The third-order valence-corrected chi connectivity index (χ3v) is 6.16. The number of carbonyl (C=O) groups is 2. The van der Waals surface area contributed by atoms with Crippen molar-refractivity contribution in [2.45, 2.75) is 33.2 Å². The lowest BCUT2D eigenvalue weighted by Crippen LogP contribution is -2.33. The molecular weight excluding hydrogens is 432 g/mol. The van der Waals surface area contributed by atoms with Gasteiger partial charge >= 0.3 is 0 Å². The minimum atomic E-state index is -0.682. The van der Waals surface area contributed by atoms with Gasteiger partial charge in [-0.1, -0.05) is 38.1 Å². The third-order valence-electron chi connectivity index (χ3n) is 6.16. The Morgan fingerprint density at radius 1 is 1.03 bits per heavy atom. The van der Waals surface area contributed by atoms with E-state index in [0.717, 1.165) is 31.6 Å². The Morgan fingerprint density at radius 2 is 1.74 bits per heavy atom. The largest absolute Gasteiger partial charge is 0.507 e.